The van der Waals surface area contributed by atoms with Crippen molar-refractivity contribution in [3.05, 3.63) is 83.2 Å². The van der Waals surface area contributed by atoms with E-state index in [1.54, 1.807) is 18.2 Å². The molecule has 26 heavy (non-hydrogen) atoms. The Balaban J connectivity index is 1.83. The summed E-state index contributed by atoms with van der Waals surface area (Å²) in [7, 11) is 0. The van der Waals surface area contributed by atoms with E-state index < -0.39 is 5.54 Å². The normalized spacial score (nSPS) is 21.2. The third-order valence-corrected chi connectivity index (χ3v) is 5.35. The first-order valence-corrected chi connectivity index (χ1v) is 9.04. The standard InChI is InChI=1S/C21H22ClFN2O/c1-3-12-21(17-6-10-19(23)11-7-17)13-14-25(20(26)24-21)15(2)16-4-8-18(22)9-5-16/h3-11,15H,1,12-14H2,2H3,(H,24,26)/t15-,21+/m0/s1. The maximum atomic E-state index is 13.3. The maximum absolute atomic E-state index is 13.3. The van der Waals surface area contributed by atoms with Crippen LogP contribution in [0.15, 0.2) is 61.2 Å². The number of hydrogen-bond acceptors (Lipinski definition) is 1. The molecule has 0 unspecified atom stereocenters. The van der Waals surface area contributed by atoms with Crippen molar-refractivity contribution in [1.82, 2.24) is 10.2 Å². The molecule has 136 valence electrons. The van der Waals surface area contributed by atoms with Crippen molar-refractivity contribution in [3.63, 3.8) is 0 Å². The van der Waals surface area contributed by atoms with Crippen molar-refractivity contribution in [2.75, 3.05) is 6.54 Å². The van der Waals surface area contributed by atoms with Crippen LogP contribution in [0.25, 0.3) is 0 Å². The number of halogens is 2. The number of urea groups is 1. The Hall–Kier alpha value is -2.33. The molecule has 1 N–H and O–H groups in total. The van der Waals surface area contributed by atoms with Gasteiger partial charge in [-0.15, -0.1) is 6.58 Å². The average molecular weight is 373 g/mol. The molecule has 1 aliphatic heterocycles. The summed E-state index contributed by atoms with van der Waals surface area (Å²) in [5.74, 6) is -0.289. The van der Waals surface area contributed by atoms with Crippen LogP contribution in [-0.2, 0) is 5.54 Å². The highest BCUT2D eigenvalue weighted by Crippen LogP contribution is 2.35. The van der Waals surface area contributed by atoms with Crippen molar-refractivity contribution in [1.29, 1.82) is 0 Å². The molecule has 2 aromatic rings. The fraction of sp³-hybridized carbons (Fsp3) is 0.286. The third kappa shape index (κ3) is 3.61. The molecule has 2 atom stereocenters. The predicted octanol–water partition coefficient (Wildman–Crippen LogP) is 5.43. The summed E-state index contributed by atoms with van der Waals surface area (Å²) < 4.78 is 13.3. The van der Waals surface area contributed by atoms with Gasteiger partial charge in [0.05, 0.1) is 11.6 Å². The lowest BCUT2D eigenvalue weighted by atomic mass is 9.81. The number of carbonyl (C=O) groups excluding carboxylic acids is 1. The van der Waals surface area contributed by atoms with E-state index in [0.717, 1.165) is 11.1 Å². The molecule has 0 aliphatic carbocycles. The van der Waals surface area contributed by atoms with Crippen molar-refractivity contribution >= 4 is 17.6 Å². The summed E-state index contributed by atoms with van der Waals surface area (Å²) in [6, 6.07) is 13.6. The SMILES string of the molecule is C=CC[C@]1(c2ccc(F)cc2)CCN([C@@H](C)c2ccc(Cl)cc2)C(=O)N1. The largest absolute Gasteiger partial charge is 0.328 e. The van der Waals surface area contributed by atoms with Crippen molar-refractivity contribution in [2.24, 2.45) is 0 Å². The number of rotatable bonds is 5. The molecule has 5 heteroatoms. The summed E-state index contributed by atoms with van der Waals surface area (Å²) in [6.45, 7) is 6.43. The van der Waals surface area contributed by atoms with Crippen LogP contribution in [0.1, 0.15) is 36.9 Å². The molecule has 1 aliphatic rings. The van der Waals surface area contributed by atoms with Gasteiger partial charge >= 0.3 is 6.03 Å². The van der Waals surface area contributed by atoms with Crippen molar-refractivity contribution < 1.29 is 9.18 Å². The van der Waals surface area contributed by atoms with Gasteiger partial charge in [-0.3, -0.25) is 0 Å². The van der Waals surface area contributed by atoms with E-state index >= 15 is 0 Å². The molecule has 0 aromatic heterocycles. The Bertz CT molecular complexity index is 791. The molecular formula is C21H22ClFN2O. The van der Waals surface area contributed by atoms with Gasteiger partial charge in [0, 0.05) is 11.6 Å². The van der Waals surface area contributed by atoms with Gasteiger partial charge in [-0.25, -0.2) is 9.18 Å². The van der Waals surface area contributed by atoms with Crippen LogP contribution in [-0.4, -0.2) is 17.5 Å². The molecule has 0 radical (unpaired) electrons. The highest BCUT2D eigenvalue weighted by molar-refractivity contribution is 6.30. The first-order valence-electron chi connectivity index (χ1n) is 8.66. The highest BCUT2D eigenvalue weighted by atomic mass is 35.5. The van der Waals surface area contributed by atoms with Crippen LogP contribution in [0.5, 0.6) is 0 Å². The van der Waals surface area contributed by atoms with E-state index in [1.807, 2.05) is 36.1 Å². The number of hydrogen-bond donors (Lipinski definition) is 1. The number of carbonyl (C=O) groups is 1. The lowest BCUT2D eigenvalue weighted by molar-refractivity contribution is 0.126. The second-order valence-corrected chi connectivity index (χ2v) is 7.12. The first kappa shape index (κ1) is 18.5. The quantitative estimate of drug-likeness (QED) is 0.697. The lowest BCUT2D eigenvalue weighted by Gasteiger charge is -2.44. The van der Waals surface area contributed by atoms with E-state index in [9.17, 15) is 9.18 Å². The molecule has 0 saturated carbocycles. The fourth-order valence-corrected chi connectivity index (χ4v) is 3.67. The monoisotopic (exact) mass is 372 g/mol. The lowest BCUT2D eigenvalue weighted by Crippen LogP contribution is -2.58. The van der Waals surface area contributed by atoms with E-state index in [0.29, 0.717) is 24.4 Å². The number of nitrogens with one attached hydrogen (secondary N) is 1. The van der Waals surface area contributed by atoms with Crippen LogP contribution in [0.2, 0.25) is 5.02 Å². The second kappa shape index (κ2) is 7.50. The zero-order valence-electron chi connectivity index (χ0n) is 14.7. The van der Waals surface area contributed by atoms with E-state index in [1.165, 1.54) is 12.1 Å². The summed E-state index contributed by atoms with van der Waals surface area (Å²) in [4.78, 5) is 14.7. The Morgan fingerprint density at radius 1 is 1.27 bits per heavy atom. The Morgan fingerprint density at radius 2 is 1.92 bits per heavy atom. The van der Waals surface area contributed by atoms with Crippen LogP contribution >= 0.6 is 11.6 Å². The van der Waals surface area contributed by atoms with Crippen molar-refractivity contribution in [3.8, 4) is 0 Å². The molecule has 3 rings (SSSR count). The van der Waals surface area contributed by atoms with Gasteiger partial charge in [0.25, 0.3) is 0 Å². The summed E-state index contributed by atoms with van der Waals surface area (Å²) in [5.41, 5.74) is 1.37. The molecule has 0 bridgehead atoms. The zero-order chi connectivity index (χ0) is 18.7. The van der Waals surface area contributed by atoms with Crippen LogP contribution in [0.4, 0.5) is 9.18 Å². The van der Waals surface area contributed by atoms with Gasteiger partial charge in [0.1, 0.15) is 5.82 Å². The average Bonchev–Trinajstić information content (AvgIpc) is 2.63. The molecular weight excluding hydrogens is 351 g/mol. The molecule has 1 fully saturated rings. The smallest absolute Gasteiger partial charge is 0.318 e. The zero-order valence-corrected chi connectivity index (χ0v) is 15.5. The van der Waals surface area contributed by atoms with E-state index in [-0.39, 0.29) is 17.9 Å². The van der Waals surface area contributed by atoms with Crippen LogP contribution in [0.3, 0.4) is 0 Å². The van der Waals surface area contributed by atoms with Crippen LogP contribution in [0, 0.1) is 5.82 Å². The predicted molar refractivity (Wildman–Crippen MR) is 103 cm³/mol. The topological polar surface area (TPSA) is 32.3 Å². The van der Waals surface area contributed by atoms with Gasteiger partial charge in [-0.05, 0) is 55.2 Å². The maximum Gasteiger partial charge on any atom is 0.318 e. The molecule has 1 heterocycles. The van der Waals surface area contributed by atoms with Gasteiger partial charge in [0.15, 0.2) is 0 Å². The van der Waals surface area contributed by atoms with E-state index in [4.69, 9.17) is 11.6 Å². The third-order valence-electron chi connectivity index (χ3n) is 5.10. The fourth-order valence-electron chi connectivity index (χ4n) is 3.55. The first-order chi connectivity index (χ1) is 12.4. The summed E-state index contributed by atoms with van der Waals surface area (Å²) >= 11 is 5.95. The molecule has 2 amide bonds. The molecule has 0 spiro atoms. The Labute approximate surface area is 158 Å². The van der Waals surface area contributed by atoms with Gasteiger partial charge in [-0.1, -0.05) is 41.9 Å². The minimum Gasteiger partial charge on any atom is -0.328 e. The van der Waals surface area contributed by atoms with Gasteiger partial charge < -0.3 is 10.2 Å². The Kier molecular flexibility index (Phi) is 5.33. The van der Waals surface area contributed by atoms with Crippen LogP contribution < -0.4 is 5.32 Å². The summed E-state index contributed by atoms with van der Waals surface area (Å²) in [6.07, 6.45) is 3.10. The summed E-state index contributed by atoms with van der Waals surface area (Å²) in [5, 5.41) is 3.82. The van der Waals surface area contributed by atoms with Crippen molar-refractivity contribution in [2.45, 2.75) is 31.3 Å². The minimum absolute atomic E-state index is 0.0674. The molecule has 1 saturated heterocycles. The highest BCUT2D eigenvalue weighted by Gasteiger charge is 2.40. The molecule has 2 aromatic carbocycles. The Morgan fingerprint density at radius 3 is 2.50 bits per heavy atom. The number of benzene rings is 2. The van der Waals surface area contributed by atoms with E-state index in [2.05, 4.69) is 11.9 Å². The van der Waals surface area contributed by atoms with Gasteiger partial charge in [-0.2, -0.15) is 0 Å². The minimum atomic E-state index is -0.553. The number of nitrogens with zero attached hydrogens (tertiary/aromatic N) is 1. The second-order valence-electron chi connectivity index (χ2n) is 6.68. The van der Waals surface area contributed by atoms with Gasteiger partial charge in [0.2, 0.25) is 0 Å². The molecule has 3 nitrogen and oxygen atoms in total. The number of amides is 2.